The summed E-state index contributed by atoms with van der Waals surface area (Å²) in [4.78, 5) is 38.6. The topological polar surface area (TPSA) is 138 Å². The zero-order valence-corrected chi connectivity index (χ0v) is 18.2. The van der Waals surface area contributed by atoms with E-state index in [1.165, 1.54) is 46.0 Å². The predicted octanol–water partition coefficient (Wildman–Crippen LogP) is 0.771. The maximum Gasteiger partial charge on any atom is 0.352 e. The summed E-state index contributed by atoms with van der Waals surface area (Å²) in [5.41, 5.74) is 0.662. The smallest absolute Gasteiger partial charge is 0.352 e. The fraction of sp³-hybridized carbons (Fsp3) is 0.400. The van der Waals surface area contributed by atoms with Crippen molar-refractivity contribution < 1.29 is 19.5 Å². The second-order valence-electron chi connectivity index (χ2n) is 6.15. The average molecular weight is 471 g/mol. The standard InChI is InChI=1S/C15H14N6O4S4/c1-6-18-19-15(28-6)27-5-7-4-26-13-10(12(23)21(13)11(7)14(24)25)17-9(22)2-8-3-16-20-29-8/h3,10,13H,2,4-5H2,1H3,(H,17,22)(H,24,25)/t10?,13-/m1/s1. The van der Waals surface area contributed by atoms with Crippen LogP contribution in [0.5, 0.6) is 0 Å². The molecule has 2 aromatic heterocycles. The number of aryl methyl sites for hydroxylation is 1. The molecule has 0 bridgehead atoms. The Labute approximate surface area is 181 Å². The van der Waals surface area contributed by atoms with Gasteiger partial charge in [0.25, 0.3) is 5.91 Å². The molecule has 2 aliphatic rings. The quantitative estimate of drug-likeness (QED) is 0.441. The first-order chi connectivity index (χ1) is 13.9. The molecule has 2 aromatic rings. The van der Waals surface area contributed by atoms with E-state index in [0.717, 1.165) is 20.9 Å². The highest BCUT2D eigenvalue weighted by molar-refractivity contribution is 8.01. The Morgan fingerprint density at radius 2 is 2.24 bits per heavy atom. The number of carbonyl (C=O) groups excluding carboxylic acids is 2. The third kappa shape index (κ3) is 4.15. The van der Waals surface area contributed by atoms with Gasteiger partial charge in [-0.1, -0.05) is 27.6 Å². The largest absolute Gasteiger partial charge is 0.477 e. The number of rotatable bonds is 7. The molecule has 0 saturated carbocycles. The molecule has 1 fully saturated rings. The third-order valence-electron chi connectivity index (χ3n) is 4.19. The minimum Gasteiger partial charge on any atom is -0.477 e. The fourth-order valence-electron chi connectivity index (χ4n) is 2.93. The summed E-state index contributed by atoms with van der Waals surface area (Å²) >= 11 is 5.41. The number of hydrogen-bond acceptors (Lipinski definition) is 11. The van der Waals surface area contributed by atoms with Crippen molar-refractivity contribution in [3.05, 3.63) is 27.4 Å². The van der Waals surface area contributed by atoms with Crippen LogP contribution in [0.4, 0.5) is 0 Å². The number of hydrogen-bond donors (Lipinski definition) is 2. The van der Waals surface area contributed by atoms with Gasteiger partial charge in [-0.15, -0.1) is 27.1 Å². The van der Waals surface area contributed by atoms with Gasteiger partial charge in [0, 0.05) is 11.5 Å². The summed E-state index contributed by atoms with van der Waals surface area (Å²) in [5, 5.41) is 24.5. The monoisotopic (exact) mass is 470 g/mol. The van der Waals surface area contributed by atoms with Crippen molar-refractivity contribution >= 4 is 64.2 Å². The first kappa shape index (κ1) is 20.3. The number of carboxylic acids is 1. The van der Waals surface area contributed by atoms with Crippen molar-refractivity contribution in [1.29, 1.82) is 0 Å². The van der Waals surface area contributed by atoms with Gasteiger partial charge < -0.3 is 10.4 Å². The lowest BCUT2D eigenvalue weighted by molar-refractivity contribution is -0.150. The highest BCUT2D eigenvalue weighted by Gasteiger charge is 2.54. The normalized spacial score (nSPS) is 21.0. The Kier molecular flexibility index (Phi) is 5.85. The van der Waals surface area contributed by atoms with E-state index in [4.69, 9.17) is 0 Å². The van der Waals surface area contributed by atoms with Crippen LogP contribution in [0.15, 0.2) is 21.8 Å². The Balaban J connectivity index is 1.44. The molecule has 29 heavy (non-hydrogen) atoms. The number of amides is 2. The van der Waals surface area contributed by atoms with E-state index in [0.29, 0.717) is 22.0 Å². The number of carboxylic acid groups (broad SMARTS) is 1. The van der Waals surface area contributed by atoms with E-state index in [1.54, 1.807) is 0 Å². The molecule has 2 N–H and O–H groups in total. The highest BCUT2D eigenvalue weighted by Crippen LogP contribution is 2.41. The van der Waals surface area contributed by atoms with Gasteiger partial charge in [0.1, 0.15) is 22.1 Å². The van der Waals surface area contributed by atoms with Crippen LogP contribution in [0.1, 0.15) is 9.88 Å². The molecule has 152 valence electrons. The van der Waals surface area contributed by atoms with Crippen molar-refractivity contribution in [2.24, 2.45) is 0 Å². The van der Waals surface area contributed by atoms with Crippen molar-refractivity contribution in [2.45, 2.75) is 29.1 Å². The van der Waals surface area contributed by atoms with Gasteiger partial charge in [0.2, 0.25) is 5.91 Å². The summed E-state index contributed by atoms with van der Waals surface area (Å²) in [6.45, 7) is 1.85. The molecule has 0 aromatic carbocycles. The summed E-state index contributed by atoms with van der Waals surface area (Å²) in [6, 6.07) is -0.734. The molecular formula is C15H14N6O4S4. The van der Waals surface area contributed by atoms with Crippen LogP contribution in [-0.2, 0) is 20.8 Å². The molecule has 2 aliphatic heterocycles. The highest BCUT2D eigenvalue weighted by atomic mass is 32.2. The van der Waals surface area contributed by atoms with Crippen molar-refractivity contribution in [2.75, 3.05) is 11.5 Å². The molecule has 1 saturated heterocycles. The van der Waals surface area contributed by atoms with E-state index in [-0.39, 0.29) is 18.0 Å². The number of aromatic nitrogens is 4. The van der Waals surface area contributed by atoms with Crippen LogP contribution in [0.25, 0.3) is 0 Å². The third-order valence-corrected chi connectivity index (χ3v) is 8.24. The van der Waals surface area contributed by atoms with Crippen LogP contribution in [0, 0.1) is 6.92 Å². The number of nitrogens with zero attached hydrogens (tertiary/aromatic N) is 5. The lowest BCUT2D eigenvalue weighted by Crippen LogP contribution is -2.70. The van der Waals surface area contributed by atoms with Crippen LogP contribution in [0.3, 0.4) is 0 Å². The van der Waals surface area contributed by atoms with Gasteiger partial charge >= 0.3 is 5.97 Å². The first-order valence-electron chi connectivity index (χ1n) is 8.32. The van der Waals surface area contributed by atoms with Gasteiger partial charge in [-0.2, -0.15) is 0 Å². The van der Waals surface area contributed by atoms with Crippen LogP contribution >= 0.6 is 46.4 Å². The number of carbonyl (C=O) groups is 3. The maximum atomic E-state index is 12.6. The Morgan fingerprint density at radius 3 is 2.90 bits per heavy atom. The molecule has 1 unspecified atom stereocenters. The Morgan fingerprint density at radius 1 is 1.41 bits per heavy atom. The van der Waals surface area contributed by atoms with E-state index >= 15 is 0 Å². The fourth-order valence-corrected chi connectivity index (χ4v) is 6.72. The van der Waals surface area contributed by atoms with E-state index in [1.807, 2.05) is 6.92 Å². The molecule has 14 heteroatoms. The zero-order chi connectivity index (χ0) is 20.5. The summed E-state index contributed by atoms with van der Waals surface area (Å²) in [7, 11) is 0. The lowest BCUT2D eigenvalue weighted by Gasteiger charge is -2.49. The second kappa shape index (κ2) is 8.38. The second-order valence-corrected chi connectivity index (χ2v) is 10.5. The van der Waals surface area contributed by atoms with Crippen LogP contribution < -0.4 is 5.32 Å². The molecule has 2 atom stereocenters. The number of β-lactam (4-membered cyclic amide) rings is 1. The maximum absolute atomic E-state index is 12.6. The van der Waals surface area contributed by atoms with Gasteiger partial charge in [0.15, 0.2) is 4.34 Å². The lowest BCUT2D eigenvalue weighted by atomic mass is 10.0. The van der Waals surface area contributed by atoms with Gasteiger partial charge in [0.05, 0.1) is 17.5 Å². The molecule has 0 spiro atoms. The molecule has 10 nitrogen and oxygen atoms in total. The SMILES string of the molecule is Cc1nnc(SCC2=C(C(=O)O)N3C(=O)C(NC(=O)Cc4cnns4)[C@H]3SC2)s1. The Bertz CT molecular complexity index is 991. The Hall–Kier alpha value is -2.03. The van der Waals surface area contributed by atoms with Crippen molar-refractivity contribution in [3.8, 4) is 0 Å². The van der Waals surface area contributed by atoms with Gasteiger partial charge in [-0.3, -0.25) is 14.5 Å². The average Bonchev–Trinajstić information content (AvgIpc) is 3.35. The van der Waals surface area contributed by atoms with Gasteiger partial charge in [-0.05, 0) is 24.0 Å². The summed E-state index contributed by atoms with van der Waals surface area (Å²) in [5.74, 6) is -0.998. The van der Waals surface area contributed by atoms with Crippen molar-refractivity contribution in [1.82, 2.24) is 30.0 Å². The number of thioether (sulfide) groups is 2. The summed E-state index contributed by atoms with van der Waals surface area (Å²) in [6.07, 6.45) is 1.59. The van der Waals surface area contributed by atoms with Crippen LogP contribution in [-0.4, -0.2) is 70.5 Å². The molecule has 0 radical (unpaired) electrons. The minimum absolute atomic E-state index is 0.00430. The number of fused-ring (bicyclic) bond motifs is 1. The molecular weight excluding hydrogens is 456 g/mol. The number of nitrogens with one attached hydrogen (secondary N) is 1. The predicted molar refractivity (Wildman–Crippen MR) is 109 cm³/mol. The number of aliphatic carboxylic acids is 1. The van der Waals surface area contributed by atoms with E-state index in [2.05, 4.69) is 25.1 Å². The van der Waals surface area contributed by atoms with Gasteiger partial charge in [-0.25, -0.2) is 4.79 Å². The molecule has 2 amide bonds. The zero-order valence-electron chi connectivity index (χ0n) is 14.9. The molecule has 4 heterocycles. The van der Waals surface area contributed by atoms with E-state index < -0.39 is 23.3 Å². The van der Waals surface area contributed by atoms with Crippen LogP contribution in [0.2, 0.25) is 0 Å². The van der Waals surface area contributed by atoms with E-state index in [9.17, 15) is 19.5 Å². The molecule has 4 rings (SSSR count). The first-order valence-corrected chi connectivity index (χ1v) is 11.9. The molecule has 0 aliphatic carbocycles. The summed E-state index contributed by atoms with van der Waals surface area (Å²) < 4.78 is 4.45. The minimum atomic E-state index is -1.15. The van der Waals surface area contributed by atoms with Crippen molar-refractivity contribution in [3.63, 3.8) is 0 Å².